The van der Waals surface area contributed by atoms with E-state index in [1.54, 1.807) is 19.2 Å². The Kier molecular flexibility index (Phi) is 9.18. The highest BCUT2D eigenvalue weighted by atomic mass is 16.5. The maximum atomic E-state index is 14.1. The van der Waals surface area contributed by atoms with Crippen molar-refractivity contribution in [1.82, 2.24) is 0 Å². The molecule has 8 nitrogen and oxygen atoms in total. The summed E-state index contributed by atoms with van der Waals surface area (Å²) in [5, 5.41) is 24.4. The summed E-state index contributed by atoms with van der Waals surface area (Å²) in [4.78, 5) is 29.3. The molecule has 0 bridgehead atoms. The first-order chi connectivity index (χ1) is 22.1. The second-order valence-electron chi connectivity index (χ2n) is 12.8. The Balaban J connectivity index is 1.23. The van der Waals surface area contributed by atoms with Gasteiger partial charge in [0, 0.05) is 18.5 Å². The van der Waals surface area contributed by atoms with E-state index in [1.165, 1.54) is 4.90 Å². The minimum atomic E-state index is -1.03. The standard InChI is InChI=1S/C37H41BN2O6/c1-22(16-25-17-23(2)35(41)24(3)18-25)10-15-32-33-26(21-45-4)19-30-34(31(33)20-38(44)46-32)37(43)40(36(30)42)29-13-11-28(12-14-29)39-27-8-6-5-7-9-27/h5-9,11-14,16-18,30-32,34,39,41,44H,10,15,19-21H2,1-4H3/b22-16+/t30-,31+,32-,34-/m1/s1. The molecule has 0 aromatic heterocycles. The van der Waals surface area contributed by atoms with Crippen LogP contribution in [-0.4, -0.2) is 48.9 Å². The van der Waals surface area contributed by atoms with Crippen molar-refractivity contribution in [2.24, 2.45) is 17.8 Å². The topological polar surface area (TPSA) is 108 Å². The Morgan fingerprint density at radius 2 is 1.70 bits per heavy atom. The number of methoxy groups -OCH3 is 1. The number of nitrogens with one attached hydrogen (secondary N) is 1. The average Bonchev–Trinajstić information content (AvgIpc) is 3.28. The number of carbonyl (C=O) groups is 2. The fraction of sp³-hybridized carbons (Fsp3) is 0.351. The monoisotopic (exact) mass is 620 g/mol. The third-order valence-electron chi connectivity index (χ3n) is 9.54. The van der Waals surface area contributed by atoms with Crippen molar-refractivity contribution in [3.8, 4) is 5.75 Å². The second kappa shape index (κ2) is 13.3. The molecule has 2 aliphatic heterocycles. The summed E-state index contributed by atoms with van der Waals surface area (Å²) in [5.74, 6) is -1.51. The SMILES string of the molecule is COCC1=C2[C@@H](CC/C(C)=C/c3cc(C)c(O)c(C)c3)OB(O)C[C@@H]2[C@@H]2C(=O)N(c3ccc(Nc4ccccc4)cc3)C(=O)[C@@H]2C1. The van der Waals surface area contributed by atoms with Gasteiger partial charge in [-0.25, -0.2) is 0 Å². The number of hydrogen-bond acceptors (Lipinski definition) is 7. The van der Waals surface area contributed by atoms with Crippen molar-refractivity contribution in [2.75, 3.05) is 23.9 Å². The largest absolute Gasteiger partial charge is 0.507 e. The van der Waals surface area contributed by atoms with Crippen molar-refractivity contribution in [2.45, 2.75) is 52.5 Å². The van der Waals surface area contributed by atoms with Gasteiger partial charge >= 0.3 is 7.12 Å². The molecule has 46 heavy (non-hydrogen) atoms. The van der Waals surface area contributed by atoms with E-state index >= 15 is 0 Å². The van der Waals surface area contributed by atoms with Crippen LogP contribution in [-0.2, 0) is 19.0 Å². The number of amides is 2. The number of ether oxygens (including phenoxy) is 1. The van der Waals surface area contributed by atoms with E-state index in [0.29, 0.717) is 37.3 Å². The number of anilines is 3. The van der Waals surface area contributed by atoms with Gasteiger partial charge in [-0.05, 0) is 129 Å². The lowest BCUT2D eigenvalue weighted by molar-refractivity contribution is -0.122. The molecule has 2 amide bonds. The number of imide groups is 1. The molecule has 2 fully saturated rings. The predicted molar refractivity (Wildman–Crippen MR) is 181 cm³/mol. The van der Waals surface area contributed by atoms with Crippen molar-refractivity contribution in [3.63, 3.8) is 0 Å². The van der Waals surface area contributed by atoms with Crippen LogP contribution < -0.4 is 10.2 Å². The number of benzene rings is 3. The van der Waals surface area contributed by atoms with E-state index in [4.69, 9.17) is 9.39 Å². The number of allylic oxidation sites excluding steroid dienone is 1. The number of aryl methyl sites for hydroxylation is 2. The van der Waals surface area contributed by atoms with E-state index in [0.717, 1.165) is 44.8 Å². The summed E-state index contributed by atoms with van der Waals surface area (Å²) in [6.45, 7) is 6.18. The highest BCUT2D eigenvalue weighted by Crippen LogP contribution is 2.51. The molecule has 2 saturated heterocycles. The van der Waals surface area contributed by atoms with Gasteiger partial charge in [-0.3, -0.25) is 14.5 Å². The van der Waals surface area contributed by atoms with Crippen LogP contribution in [0.15, 0.2) is 83.4 Å². The van der Waals surface area contributed by atoms with Crippen molar-refractivity contribution >= 4 is 42.1 Å². The van der Waals surface area contributed by atoms with Gasteiger partial charge in [0.05, 0.1) is 30.2 Å². The number of phenolic OH excluding ortho intramolecular Hbond substituents is 1. The minimum Gasteiger partial charge on any atom is -0.507 e. The van der Waals surface area contributed by atoms with Gasteiger partial charge in [-0.15, -0.1) is 0 Å². The van der Waals surface area contributed by atoms with E-state index < -0.39 is 25.1 Å². The Morgan fingerprint density at radius 3 is 2.37 bits per heavy atom. The van der Waals surface area contributed by atoms with Gasteiger partial charge in [-0.2, -0.15) is 0 Å². The van der Waals surface area contributed by atoms with Gasteiger partial charge in [0.2, 0.25) is 11.8 Å². The quantitative estimate of drug-likeness (QED) is 0.141. The van der Waals surface area contributed by atoms with Crippen LogP contribution in [0.4, 0.5) is 17.1 Å². The number of fused-ring (bicyclic) bond motifs is 3. The maximum absolute atomic E-state index is 14.1. The van der Waals surface area contributed by atoms with Gasteiger partial charge in [0.15, 0.2) is 0 Å². The number of phenols is 1. The smallest absolute Gasteiger partial charge is 0.455 e. The fourth-order valence-corrected chi connectivity index (χ4v) is 7.50. The summed E-state index contributed by atoms with van der Waals surface area (Å²) in [5.41, 5.74) is 8.15. The lowest BCUT2D eigenvalue weighted by atomic mass is 9.58. The predicted octanol–water partition coefficient (Wildman–Crippen LogP) is 6.58. The number of para-hydroxylation sites is 1. The number of hydrogen-bond donors (Lipinski definition) is 3. The summed E-state index contributed by atoms with van der Waals surface area (Å²) < 4.78 is 11.7. The molecule has 0 spiro atoms. The Labute approximate surface area is 270 Å². The molecular formula is C37H41BN2O6. The molecule has 9 heteroatoms. The highest BCUT2D eigenvalue weighted by molar-refractivity contribution is 6.43. The van der Waals surface area contributed by atoms with Crippen molar-refractivity contribution in [1.29, 1.82) is 0 Å². The zero-order valence-electron chi connectivity index (χ0n) is 26.8. The summed E-state index contributed by atoms with van der Waals surface area (Å²) in [6.07, 6.45) is 3.72. The summed E-state index contributed by atoms with van der Waals surface area (Å²) >= 11 is 0. The molecule has 0 saturated carbocycles. The van der Waals surface area contributed by atoms with E-state index in [1.807, 2.05) is 68.4 Å². The first kappa shape index (κ1) is 31.8. The van der Waals surface area contributed by atoms with Crippen LogP contribution in [0.1, 0.15) is 42.9 Å². The van der Waals surface area contributed by atoms with Gasteiger partial charge in [0.25, 0.3) is 0 Å². The molecule has 3 aromatic carbocycles. The van der Waals surface area contributed by atoms with E-state index in [9.17, 15) is 19.7 Å². The lowest BCUT2D eigenvalue weighted by Crippen LogP contribution is -2.46. The molecule has 0 unspecified atom stereocenters. The highest BCUT2D eigenvalue weighted by Gasteiger charge is 2.57. The molecule has 2 heterocycles. The van der Waals surface area contributed by atoms with Crippen molar-refractivity contribution in [3.05, 3.63) is 100 Å². The molecule has 1 aliphatic carbocycles. The minimum absolute atomic E-state index is 0.206. The number of nitrogens with zero attached hydrogens (tertiary/aromatic N) is 1. The third-order valence-corrected chi connectivity index (χ3v) is 9.54. The van der Waals surface area contributed by atoms with Gasteiger partial charge in [-0.1, -0.05) is 29.8 Å². The molecule has 0 radical (unpaired) electrons. The zero-order chi connectivity index (χ0) is 32.5. The Hall–Kier alpha value is -4.18. The lowest BCUT2D eigenvalue weighted by Gasteiger charge is -2.43. The molecule has 4 atom stereocenters. The van der Waals surface area contributed by atoms with Gasteiger partial charge in [0.1, 0.15) is 5.75 Å². The van der Waals surface area contributed by atoms with Crippen LogP contribution >= 0.6 is 0 Å². The van der Waals surface area contributed by atoms with Crippen LogP contribution in [0, 0.1) is 31.6 Å². The van der Waals surface area contributed by atoms with Crippen molar-refractivity contribution < 1.29 is 29.1 Å². The molecule has 238 valence electrons. The van der Waals surface area contributed by atoms with Crippen LogP contribution in [0.25, 0.3) is 6.08 Å². The first-order valence-electron chi connectivity index (χ1n) is 16.0. The van der Waals surface area contributed by atoms with E-state index in [2.05, 4.69) is 18.3 Å². The van der Waals surface area contributed by atoms with Crippen LogP contribution in [0.5, 0.6) is 5.75 Å². The molecule has 3 aromatic rings. The van der Waals surface area contributed by atoms with Crippen LogP contribution in [0.2, 0.25) is 6.32 Å². The average molecular weight is 621 g/mol. The van der Waals surface area contributed by atoms with Crippen LogP contribution in [0.3, 0.4) is 0 Å². The molecular weight excluding hydrogens is 579 g/mol. The van der Waals surface area contributed by atoms with Gasteiger partial charge < -0.3 is 24.8 Å². The van der Waals surface area contributed by atoms with E-state index in [-0.39, 0.29) is 24.1 Å². The maximum Gasteiger partial charge on any atom is 0.455 e. The molecule has 6 rings (SSSR count). The summed E-state index contributed by atoms with van der Waals surface area (Å²) in [6, 6.07) is 21.1. The Bertz CT molecular complexity index is 1660. The number of rotatable bonds is 9. The zero-order valence-corrected chi connectivity index (χ0v) is 26.8. The molecule has 3 aliphatic rings. The first-order valence-corrected chi connectivity index (χ1v) is 16.0. The second-order valence-corrected chi connectivity index (χ2v) is 12.8. The Morgan fingerprint density at radius 1 is 1.02 bits per heavy atom. The summed E-state index contributed by atoms with van der Waals surface area (Å²) in [7, 11) is 0.601. The fourth-order valence-electron chi connectivity index (χ4n) is 7.50. The number of carbonyl (C=O) groups excluding carboxylic acids is 2. The third kappa shape index (κ3) is 6.27. The molecule has 3 N–H and O–H groups in total. The normalized spacial score (nSPS) is 23.1. The number of aromatic hydroxyl groups is 1.